The van der Waals surface area contributed by atoms with Gasteiger partial charge in [-0.05, 0) is 31.0 Å². The van der Waals surface area contributed by atoms with Crippen LogP contribution in [0.5, 0.6) is 0 Å². The van der Waals surface area contributed by atoms with Crippen LogP contribution in [-0.2, 0) is 11.0 Å². The molecule has 0 aliphatic carbocycles. The number of benzene rings is 1. The molecule has 1 aromatic carbocycles. The van der Waals surface area contributed by atoms with Crippen LogP contribution in [0.15, 0.2) is 18.2 Å². The molecule has 1 fully saturated rings. The Bertz CT molecular complexity index is 578. The molecule has 106 valence electrons. The Kier molecular flexibility index (Phi) is 3.57. The fourth-order valence-corrected chi connectivity index (χ4v) is 2.36. The Morgan fingerprint density at radius 3 is 2.70 bits per heavy atom. The molecular formula is C13H11F3N2O2. The van der Waals surface area contributed by atoms with Gasteiger partial charge in [-0.1, -0.05) is 0 Å². The molecule has 1 aromatic rings. The minimum atomic E-state index is -4.53. The maximum absolute atomic E-state index is 12.6. The monoisotopic (exact) mass is 284 g/mol. The zero-order valence-corrected chi connectivity index (χ0v) is 10.3. The van der Waals surface area contributed by atoms with Crippen LogP contribution in [0, 0.1) is 11.3 Å². The highest BCUT2D eigenvalue weighted by Gasteiger charge is 2.34. The number of rotatable bonds is 2. The first-order valence-corrected chi connectivity index (χ1v) is 5.95. The standard InChI is InChI=1S/C13H11F3N2O2/c14-13(15,16)9-3-4-10(8(6-9)7-17)18-5-1-2-11(18)12(19)20/h3-4,6,11H,1-2,5H2,(H,19,20). The van der Waals surface area contributed by atoms with Gasteiger partial charge in [0.15, 0.2) is 0 Å². The topological polar surface area (TPSA) is 64.3 Å². The van der Waals surface area contributed by atoms with E-state index in [2.05, 4.69) is 0 Å². The second kappa shape index (κ2) is 5.04. The van der Waals surface area contributed by atoms with Gasteiger partial charge in [0.05, 0.1) is 16.8 Å². The van der Waals surface area contributed by atoms with Crippen molar-refractivity contribution in [2.24, 2.45) is 0 Å². The summed E-state index contributed by atoms with van der Waals surface area (Å²) < 4.78 is 37.8. The largest absolute Gasteiger partial charge is 0.480 e. The Morgan fingerprint density at radius 2 is 2.15 bits per heavy atom. The average Bonchev–Trinajstić information content (AvgIpc) is 2.86. The highest BCUT2D eigenvalue weighted by atomic mass is 19.4. The Balaban J connectivity index is 2.43. The van der Waals surface area contributed by atoms with Crippen LogP contribution >= 0.6 is 0 Å². The molecule has 1 N–H and O–H groups in total. The van der Waals surface area contributed by atoms with E-state index in [1.807, 2.05) is 0 Å². The van der Waals surface area contributed by atoms with Gasteiger partial charge in [0.1, 0.15) is 12.1 Å². The van der Waals surface area contributed by atoms with Crippen LogP contribution in [0.2, 0.25) is 0 Å². The van der Waals surface area contributed by atoms with Crippen LogP contribution < -0.4 is 4.90 Å². The number of anilines is 1. The second-order valence-corrected chi connectivity index (χ2v) is 4.53. The van der Waals surface area contributed by atoms with Crippen molar-refractivity contribution in [2.45, 2.75) is 25.1 Å². The number of nitriles is 1. The van der Waals surface area contributed by atoms with Gasteiger partial charge in [-0.3, -0.25) is 0 Å². The molecule has 0 radical (unpaired) electrons. The molecular weight excluding hydrogens is 273 g/mol. The zero-order valence-electron chi connectivity index (χ0n) is 10.3. The Labute approximate surface area is 113 Å². The van der Waals surface area contributed by atoms with Gasteiger partial charge in [0.2, 0.25) is 0 Å². The summed E-state index contributed by atoms with van der Waals surface area (Å²) in [6, 6.07) is 3.71. The lowest BCUT2D eigenvalue weighted by molar-refractivity contribution is -0.139. The third-order valence-electron chi connectivity index (χ3n) is 3.29. The van der Waals surface area contributed by atoms with Crippen LogP contribution in [0.25, 0.3) is 0 Å². The highest BCUT2D eigenvalue weighted by Crippen LogP contribution is 2.34. The molecule has 7 heteroatoms. The molecule has 0 amide bonds. The number of nitrogens with zero attached hydrogens (tertiary/aromatic N) is 2. The molecule has 1 aliphatic rings. The van der Waals surface area contributed by atoms with E-state index in [-0.39, 0.29) is 11.3 Å². The summed E-state index contributed by atoms with van der Waals surface area (Å²) in [4.78, 5) is 12.6. The molecule has 1 atom stereocenters. The molecule has 0 saturated carbocycles. The molecule has 0 bridgehead atoms. The van der Waals surface area contributed by atoms with Gasteiger partial charge in [0, 0.05) is 6.54 Å². The lowest BCUT2D eigenvalue weighted by Crippen LogP contribution is -2.36. The first-order chi connectivity index (χ1) is 9.34. The number of alkyl halides is 3. The summed E-state index contributed by atoms with van der Waals surface area (Å²) in [6.07, 6.45) is -3.48. The third-order valence-corrected chi connectivity index (χ3v) is 3.29. The smallest absolute Gasteiger partial charge is 0.416 e. The van der Waals surface area contributed by atoms with Crippen LogP contribution in [0.1, 0.15) is 24.0 Å². The van der Waals surface area contributed by atoms with Crippen molar-refractivity contribution >= 4 is 11.7 Å². The summed E-state index contributed by atoms with van der Waals surface area (Å²) in [5.41, 5.74) is -0.831. The summed E-state index contributed by atoms with van der Waals surface area (Å²) in [7, 11) is 0. The maximum atomic E-state index is 12.6. The fourth-order valence-electron chi connectivity index (χ4n) is 2.36. The summed E-state index contributed by atoms with van der Waals surface area (Å²) in [5.74, 6) is -1.04. The Morgan fingerprint density at radius 1 is 1.45 bits per heavy atom. The number of halogens is 3. The van der Waals surface area contributed by atoms with E-state index in [1.165, 1.54) is 11.0 Å². The molecule has 1 aliphatic heterocycles. The second-order valence-electron chi connectivity index (χ2n) is 4.53. The van der Waals surface area contributed by atoms with Crippen LogP contribution in [0.4, 0.5) is 18.9 Å². The first-order valence-electron chi connectivity index (χ1n) is 5.95. The molecule has 4 nitrogen and oxygen atoms in total. The fraction of sp³-hybridized carbons (Fsp3) is 0.385. The molecule has 0 aromatic heterocycles. The van der Waals surface area contributed by atoms with Gasteiger partial charge in [-0.2, -0.15) is 18.4 Å². The van der Waals surface area contributed by atoms with Gasteiger partial charge in [-0.25, -0.2) is 4.79 Å². The zero-order chi connectivity index (χ0) is 14.9. The van der Waals surface area contributed by atoms with E-state index in [0.717, 1.165) is 12.1 Å². The van der Waals surface area contributed by atoms with Crippen molar-refractivity contribution in [1.82, 2.24) is 0 Å². The van der Waals surface area contributed by atoms with E-state index in [1.54, 1.807) is 6.07 Å². The quantitative estimate of drug-likeness (QED) is 0.906. The van der Waals surface area contributed by atoms with E-state index >= 15 is 0 Å². The van der Waals surface area contributed by atoms with Gasteiger partial charge >= 0.3 is 12.1 Å². The predicted octanol–water partition coefficient (Wildman–Crippen LogP) is 2.63. The number of hydrogen-bond donors (Lipinski definition) is 1. The highest BCUT2D eigenvalue weighted by molar-refractivity contribution is 5.80. The lowest BCUT2D eigenvalue weighted by Gasteiger charge is -2.25. The minimum Gasteiger partial charge on any atom is -0.480 e. The summed E-state index contributed by atoms with van der Waals surface area (Å²) in [6.45, 7) is 0.414. The van der Waals surface area contributed by atoms with Crippen molar-refractivity contribution in [3.05, 3.63) is 29.3 Å². The maximum Gasteiger partial charge on any atom is 0.416 e. The normalized spacial score (nSPS) is 18.9. The SMILES string of the molecule is N#Cc1cc(C(F)(F)F)ccc1N1CCCC1C(=O)O. The summed E-state index contributed by atoms with van der Waals surface area (Å²) >= 11 is 0. The van der Waals surface area contributed by atoms with E-state index < -0.39 is 23.8 Å². The van der Waals surface area contributed by atoms with Gasteiger partial charge in [-0.15, -0.1) is 0 Å². The predicted molar refractivity (Wildman–Crippen MR) is 64.2 cm³/mol. The van der Waals surface area contributed by atoms with Gasteiger partial charge < -0.3 is 10.0 Å². The van der Waals surface area contributed by atoms with Crippen molar-refractivity contribution in [3.8, 4) is 6.07 Å². The van der Waals surface area contributed by atoms with Gasteiger partial charge in [0.25, 0.3) is 0 Å². The number of carboxylic acid groups (broad SMARTS) is 1. The molecule has 0 spiro atoms. The molecule has 2 rings (SSSR count). The number of carboxylic acids is 1. The first kappa shape index (κ1) is 14.2. The van der Waals surface area contributed by atoms with E-state index in [9.17, 15) is 18.0 Å². The van der Waals surface area contributed by atoms with Crippen molar-refractivity contribution in [1.29, 1.82) is 5.26 Å². The minimum absolute atomic E-state index is 0.159. The molecule has 1 heterocycles. The van der Waals surface area contributed by atoms with Crippen molar-refractivity contribution in [2.75, 3.05) is 11.4 Å². The molecule has 20 heavy (non-hydrogen) atoms. The number of aliphatic carboxylic acids is 1. The average molecular weight is 284 g/mol. The van der Waals surface area contributed by atoms with Crippen LogP contribution in [-0.4, -0.2) is 23.7 Å². The third kappa shape index (κ3) is 2.54. The lowest BCUT2D eigenvalue weighted by atomic mass is 10.1. The number of hydrogen-bond acceptors (Lipinski definition) is 3. The number of carbonyl (C=O) groups is 1. The van der Waals surface area contributed by atoms with E-state index in [0.29, 0.717) is 19.4 Å². The van der Waals surface area contributed by atoms with Crippen LogP contribution in [0.3, 0.4) is 0 Å². The molecule has 1 saturated heterocycles. The Hall–Kier alpha value is -2.23. The van der Waals surface area contributed by atoms with Crippen molar-refractivity contribution < 1.29 is 23.1 Å². The molecule has 1 unspecified atom stereocenters. The summed E-state index contributed by atoms with van der Waals surface area (Å²) in [5, 5.41) is 18.1. The van der Waals surface area contributed by atoms with E-state index in [4.69, 9.17) is 10.4 Å². The van der Waals surface area contributed by atoms with Crippen molar-refractivity contribution in [3.63, 3.8) is 0 Å².